The summed E-state index contributed by atoms with van der Waals surface area (Å²) in [6, 6.07) is 11.7. The summed E-state index contributed by atoms with van der Waals surface area (Å²) in [6.45, 7) is 7.53. The number of alkyl halides is 2. The van der Waals surface area contributed by atoms with Gasteiger partial charge in [-0.25, -0.2) is 18.6 Å². The Morgan fingerprint density at radius 2 is 1.77 bits per heavy atom. The maximum Gasteiger partial charge on any atom is 0.410 e. The van der Waals surface area contributed by atoms with Gasteiger partial charge in [-0.15, -0.1) is 0 Å². The zero-order valence-corrected chi connectivity index (χ0v) is 17.8. The molecule has 0 aliphatic carbocycles. The number of fused-ring (bicyclic) bond motifs is 2. The maximum absolute atomic E-state index is 13.3. The highest BCUT2D eigenvalue weighted by Gasteiger charge is 2.30. The van der Waals surface area contributed by atoms with Crippen molar-refractivity contribution in [3.05, 3.63) is 53.6 Å². The van der Waals surface area contributed by atoms with Crippen molar-refractivity contribution in [1.82, 2.24) is 9.80 Å². The van der Waals surface area contributed by atoms with E-state index < -0.39 is 12.0 Å². The number of carbonyl (C=O) groups is 1. The van der Waals surface area contributed by atoms with Crippen molar-refractivity contribution in [3.63, 3.8) is 0 Å². The topological polar surface area (TPSA) is 54.4 Å². The molecule has 2 aromatic rings. The average Bonchev–Trinajstić information content (AvgIpc) is 2.88. The fraction of sp³-hybridized carbons (Fsp3) is 0.391. The number of hydrogen-bond donors (Lipinski definition) is 0. The van der Waals surface area contributed by atoms with Crippen LogP contribution in [0.3, 0.4) is 0 Å². The number of ether oxygens (including phenoxy) is 2. The lowest BCUT2D eigenvalue weighted by Gasteiger charge is -2.37. The Bertz CT molecular complexity index is 1010. The standard InChI is InChI=1S/C23H25F2N3O3/c1-23(2,3)31-22(29)28-12-10-27(11-13-28)21-16-9-8-15(20(24)25)14-19(16)30-18-7-5-4-6-17(18)26-21/h4-9,14,20H,10-13H2,1-3H3. The van der Waals surface area contributed by atoms with Crippen molar-refractivity contribution >= 4 is 17.6 Å². The maximum atomic E-state index is 13.3. The van der Waals surface area contributed by atoms with E-state index >= 15 is 0 Å². The van der Waals surface area contributed by atoms with Crippen LogP contribution in [0.25, 0.3) is 0 Å². The third kappa shape index (κ3) is 4.62. The molecule has 0 atom stereocenters. The van der Waals surface area contributed by atoms with E-state index in [0.29, 0.717) is 54.8 Å². The van der Waals surface area contributed by atoms with Gasteiger partial charge in [0.25, 0.3) is 6.43 Å². The van der Waals surface area contributed by atoms with E-state index in [9.17, 15) is 13.6 Å². The highest BCUT2D eigenvalue weighted by atomic mass is 19.3. The predicted molar refractivity (Wildman–Crippen MR) is 113 cm³/mol. The molecule has 2 heterocycles. The molecule has 0 radical (unpaired) electrons. The lowest BCUT2D eigenvalue weighted by Crippen LogP contribution is -2.51. The summed E-state index contributed by atoms with van der Waals surface area (Å²) < 4.78 is 38.0. The van der Waals surface area contributed by atoms with Crippen LogP contribution in [0.5, 0.6) is 11.5 Å². The minimum absolute atomic E-state index is 0.104. The molecule has 8 heteroatoms. The summed E-state index contributed by atoms with van der Waals surface area (Å²) in [4.78, 5) is 20.9. The Labute approximate surface area is 180 Å². The number of amides is 1. The van der Waals surface area contributed by atoms with Gasteiger partial charge in [0, 0.05) is 31.7 Å². The van der Waals surface area contributed by atoms with Crippen LogP contribution in [0.2, 0.25) is 0 Å². The number of nitrogens with zero attached hydrogens (tertiary/aromatic N) is 3. The van der Waals surface area contributed by atoms with Crippen molar-refractivity contribution < 1.29 is 23.0 Å². The predicted octanol–water partition coefficient (Wildman–Crippen LogP) is 5.36. The highest BCUT2D eigenvalue weighted by Crippen LogP contribution is 2.39. The molecule has 1 saturated heterocycles. The lowest BCUT2D eigenvalue weighted by atomic mass is 10.1. The van der Waals surface area contributed by atoms with Crippen LogP contribution in [0.4, 0.5) is 19.3 Å². The summed E-state index contributed by atoms with van der Waals surface area (Å²) in [5.74, 6) is 1.50. The van der Waals surface area contributed by atoms with E-state index in [0.717, 1.165) is 0 Å². The number of amidine groups is 1. The monoisotopic (exact) mass is 429 g/mol. The van der Waals surface area contributed by atoms with Gasteiger partial charge >= 0.3 is 6.09 Å². The fourth-order valence-corrected chi connectivity index (χ4v) is 3.54. The quantitative estimate of drug-likeness (QED) is 0.612. The molecule has 0 bridgehead atoms. The number of hydrogen-bond acceptors (Lipinski definition) is 5. The van der Waals surface area contributed by atoms with Gasteiger partial charge in [0.15, 0.2) is 5.75 Å². The Morgan fingerprint density at radius 1 is 1.06 bits per heavy atom. The molecule has 1 fully saturated rings. The number of aliphatic imine (C=N–C) groups is 1. The summed E-state index contributed by atoms with van der Waals surface area (Å²) >= 11 is 0. The first-order valence-electron chi connectivity index (χ1n) is 10.2. The van der Waals surface area contributed by atoms with E-state index in [1.54, 1.807) is 17.0 Å². The van der Waals surface area contributed by atoms with Crippen LogP contribution in [0.15, 0.2) is 47.5 Å². The molecule has 0 aromatic heterocycles. The molecule has 2 aliphatic rings. The number of carbonyl (C=O) groups excluding carboxylic acids is 1. The zero-order valence-electron chi connectivity index (χ0n) is 17.8. The molecular weight excluding hydrogens is 404 g/mol. The first kappa shape index (κ1) is 21.1. The van der Waals surface area contributed by atoms with E-state index in [4.69, 9.17) is 14.5 Å². The molecule has 31 heavy (non-hydrogen) atoms. The second-order valence-corrected chi connectivity index (χ2v) is 8.52. The molecule has 0 unspecified atom stereocenters. The van der Waals surface area contributed by atoms with Crippen molar-refractivity contribution in [3.8, 4) is 11.5 Å². The minimum atomic E-state index is -2.59. The van der Waals surface area contributed by atoms with Crippen molar-refractivity contribution in [2.24, 2.45) is 4.99 Å². The minimum Gasteiger partial charge on any atom is -0.454 e. The first-order chi connectivity index (χ1) is 14.7. The van der Waals surface area contributed by atoms with E-state index in [-0.39, 0.29) is 11.7 Å². The van der Waals surface area contributed by atoms with E-state index in [1.807, 2.05) is 43.9 Å². The summed E-state index contributed by atoms with van der Waals surface area (Å²) in [5, 5.41) is 0. The van der Waals surface area contributed by atoms with Crippen LogP contribution in [-0.2, 0) is 4.74 Å². The zero-order chi connectivity index (χ0) is 22.2. The normalized spacial score (nSPS) is 16.1. The molecular formula is C23H25F2N3O3. The van der Waals surface area contributed by atoms with Crippen LogP contribution in [0, 0.1) is 0 Å². The largest absolute Gasteiger partial charge is 0.454 e. The SMILES string of the molecule is CC(C)(C)OC(=O)N1CCN(C2=Nc3ccccc3Oc3cc(C(F)F)ccc32)CC1. The Hall–Kier alpha value is -3.16. The lowest BCUT2D eigenvalue weighted by molar-refractivity contribution is 0.0187. The van der Waals surface area contributed by atoms with Gasteiger partial charge in [0.1, 0.15) is 22.9 Å². The smallest absolute Gasteiger partial charge is 0.410 e. The van der Waals surface area contributed by atoms with Crippen molar-refractivity contribution in [1.29, 1.82) is 0 Å². The van der Waals surface area contributed by atoms with Gasteiger partial charge in [-0.2, -0.15) is 0 Å². The molecule has 0 N–H and O–H groups in total. The van der Waals surface area contributed by atoms with Gasteiger partial charge in [0.2, 0.25) is 0 Å². The third-order valence-electron chi connectivity index (χ3n) is 5.04. The second-order valence-electron chi connectivity index (χ2n) is 8.52. The molecule has 2 aliphatic heterocycles. The van der Waals surface area contributed by atoms with Crippen molar-refractivity contribution in [2.75, 3.05) is 26.2 Å². The van der Waals surface area contributed by atoms with Crippen LogP contribution >= 0.6 is 0 Å². The van der Waals surface area contributed by atoms with Gasteiger partial charge < -0.3 is 19.3 Å². The van der Waals surface area contributed by atoms with Gasteiger partial charge in [0.05, 0.1) is 5.56 Å². The van der Waals surface area contributed by atoms with Gasteiger partial charge in [-0.3, -0.25) is 0 Å². The first-order valence-corrected chi connectivity index (χ1v) is 10.2. The van der Waals surface area contributed by atoms with Crippen LogP contribution in [-0.4, -0.2) is 53.5 Å². The number of piperazine rings is 1. The average molecular weight is 429 g/mol. The Morgan fingerprint density at radius 3 is 2.45 bits per heavy atom. The highest BCUT2D eigenvalue weighted by molar-refractivity contribution is 6.04. The van der Waals surface area contributed by atoms with Crippen LogP contribution in [0.1, 0.15) is 38.3 Å². The number of benzene rings is 2. The Kier molecular flexibility index (Phi) is 5.56. The molecule has 0 spiro atoms. The molecule has 0 saturated carbocycles. The van der Waals surface area contributed by atoms with Crippen molar-refractivity contribution in [2.45, 2.75) is 32.8 Å². The van der Waals surface area contributed by atoms with Crippen LogP contribution < -0.4 is 4.74 Å². The number of halogens is 2. The van der Waals surface area contributed by atoms with E-state index in [1.165, 1.54) is 12.1 Å². The molecule has 1 amide bonds. The summed E-state index contributed by atoms with van der Waals surface area (Å²) in [5.41, 5.74) is 0.613. The number of rotatable bonds is 1. The molecule has 6 nitrogen and oxygen atoms in total. The van der Waals surface area contributed by atoms with Gasteiger partial charge in [-0.05, 0) is 45.0 Å². The second kappa shape index (κ2) is 8.17. The van der Waals surface area contributed by atoms with E-state index in [2.05, 4.69) is 0 Å². The van der Waals surface area contributed by atoms with Gasteiger partial charge in [-0.1, -0.05) is 18.2 Å². The Balaban J connectivity index is 1.62. The summed E-state index contributed by atoms with van der Waals surface area (Å²) in [6.07, 6.45) is -2.93. The number of para-hydroxylation sites is 2. The summed E-state index contributed by atoms with van der Waals surface area (Å²) in [7, 11) is 0. The fourth-order valence-electron chi connectivity index (χ4n) is 3.54. The molecule has 4 rings (SSSR count). The third-order valence-corrected chi connectivity index (χ3v) is 5.04. The molecule has 2 aromatic carbocycles. The molecule has 164 valence electrons.